The number of ether oxygens (including phenoxy) is 1. The fraction of sp³-hybridized carbons (Fsp3) is 0.769. The van der Waals surface area contributed by atoms with Crippen molar-refractivity contribution >= 4 is 0 Å². The summed E-state index contributed by atoms with van der Waals surface area (Å²) in [5.41, 5.74) is 2.72. The number of hydrogen-bond donors (Lipinski definition) is 1. The van der Waals surface area contributed by atoms with Crippen LogP contribution in [0.1, 0.15) is 30.1 Å². The zero-order chi connectivity index (χ0) is 11.5. The summed E-state index contributed by atoms with van der Waals surface area (Å²) >= 11 is 0. The highest BCUT2D eigenvalue weighted by Gasteiger charge is 2.15. The molecule has 1 aliphatic carbocycles. The SMILES string of the molecule is C1CCc2[nH]c(CCN3CCOCC3)nc2C1. The molecule has 17 heavy (non-hydrogen) atoms. The summed E-state index contributed by atoms with van der Waals surface area (Å²) in [5, 5.41) is 0. The fourth-order valence-electron chi connectivity index (χ4n) is 2.72. The van der Waals surface area contributed by atoms with E-state index in [1.165, 1.54) is 42.9 Å². The van der Waals surface area contributed by atoms with Crippen LogP contribution >= 0.6 is 0 Å². The molecule has 3 rings (SSSR count). The van der Waals surface area contributed by atoms with Crippen molar-refractivity contribution in [3.05, 3.63) is 17.2 Å². The third-order valence-electron chi connectivity index (χ3n) is 3.77. The number of morpholine rings is 1. The van der Waals surface area contributed by atoms with Gasteiger partial charge in [0.1, 0.15) is 5.82 Å². The number of aromatic nitrogens is 2. The third-order valence-corrected chi connectivity index (χ3v) is 3.77. The number of hydrogen-bond acceptors (Lipinski definition) is 3. The predicted molar refractivity (Wildman–Crippen MR) is 66.2 cm³/mol. The van der Waals surface area contributed by atoms with Crippen LogP contribution in [0, 0.1) is 0 Å². The molecule has 1 aromatic rings. The Morgan fingerprint density at radius 3 is 2.82 bits per heavy atom. The number of imidazole rings is 1. The van der Waals surface area contributed by atoms with E-state index in [-0.39, 0.29) is 0 Å². The summed E-state index contributed by atoms with van der Waals surface area (Å²) in [7, 11) is 0. The zero-order valence-corrected chi connectivity index (χ0v) is 10.4. The maximum atomic E-state index is 5.35. The standard InChI is InChI=1S/C13H21N3O/c1-2-4-12-11(3-1)14-13(15-12)5-6-16-7-9-17-10-8-16/h1-10H2,(H,14,15). The summed E-state index contributed by atoms with van der Waals surface area (Å²) in [6.45, 7) is 5.01. The third kappa shape index (κ3) is 2.69. The van der Waals surface area contributed by atoms with Gasteiger partial charge in [-0.05, 0) is 25.7 Å². The van der Waals surface area contributed by atoms with E-state index in [0.29, 0.717) is 0 Å². The Labute approximate surface area is 102 Å². The van der Waals surface area contributed by atoms with Gasteiger partial charge in [0.05, 0.1) is 18.9 Å². The van der Waals surface area contributed by atoms with Crippen molar-refractivity contribution in [2.75, 3.05) is 32.8 Å². The highest BCUT2D eigenvalue weighted by Crippen LogP contribution is 2.18. The van der Waals surface area contributed by atoms with Crippen molar-refractivity contribution in [3.63, 3.8) is 0 Å². The van der Waals surface area contributed by atoms with Crippen molar-refractivity contribution in [1.29, 1.82) is 0 Å². The Kier molecular flexibility index (Phi) is 3.43. The number of fused-ring (bicyclic) bond motifs is 1. The second kappa shape index (κ2) is 5.19. The van der Waals surface area contributed by atoms with Gasteiger partial charge in [-0.15, -0.1) is 0 Å². The average Bonchev–Trinajstić information content (AvgIpc) is 2.80. The van der Waals surface area contributed by atoms with Gasteiger partial charge in [-0.3, -0.25) is 4.90 Å². The van der Waals surface area contributed by atoms with Gasteiger partial charge in [0, 0.05) is 31.7 Å². The molecule has 0 unspecified atom stereocenters. The summed E-state index contributed by atoms with van der Waals surface area (Å²) in [5.74, 6) is 1.18. The lowest BCUT2D eigenvalue weighted by Crippen LogP contribution is -2.37. The Hall–Kier alpha value is -0.870. The van der Waals surface area contributed by atoms with Crippen molar-refractivity contribution in [2.45, 2.75) is 32.1 Å². The topological polar surface area (TPSA) is 41.2 Å². The molecule has 0 amide bonds. The first kappa shape index (κ1) is 11.2. The fourth-order valence-corrected chi connectivity index (χ4v) is 2.72. The van der Waals surface area contributed by atoms with Gasteiger partial charge in [-0.2, -0.15) is 0 Å². The van der Waals surface area contributed by atoms with E-state index in [1.807, 2.05) is 0 Å². The van der Waals surface area contributed by atoms with E-state index in [2.05, 4.69) is 9.88 Å². The van der Waals surface area contributed by atoms with Crippen molar-refractivity contribution in [1.82, 2.24) is 14.9 Å². The summed E-state index contributed by atoms with van der Waals surface area (Å²) in [6.07, 6.45) is 6.04. The van der Waals surface area contributed by atoms with Crippen LogP contribution in [0.3, 0.4) is 0 Å². The number of nitrogens with one attached hydrogen (secondary N) is 1. The van der Waals surface area contributed by atoms with Crippen LogP contribution in [0.5, 0.6) is 0 Å². The summed E-state index contributed by atoms with van der Waals surface area (Å²) in [6, 6.07) is 0. The van der Waals surface area contributed by atoms with E-state index in [4.69, 9.17) is 9.72 Å². The van der Waals surface area contributed by atoms with Gasteiger partial charge in [0.15, 0.2) is 0 Å². The smallest absolute Gasteiger partial charge is 0.107 e. The van der Waals surface area contributed by atoms with Crippen LogP contribution in [-0.2, 0) is 24.0 Å². The molecular weight excluding hydrogens is 214 g/mol. The second-order valence-corrected chi connectivity index (χ2v) is 5.02. The van der Waals surface area contributed by atoms with Gasteiger partial charge < -0.3 is 9.72 Å². The minimum Gasteiger partial charge on any atom is -0.379 e. The molecule has 1 aliphatic heterocycles. The van der Waals surface area contributed by atoms with E-state index < -0.39 is 0 Å². The van der Waals surface area contributed by atoms with Crippen molar-refractivity contribution < 1.29 is 4.74 Å². The van der Waals surface area contributed by atoms with Gasteiger partial charge in [-0.1, -0.05) is 0 Å². The Bertz CT molecular complexity index is 345. The molecule has 1 N–H and O–H groups in total. The summed E-state index contributed by atoms with van der Waals surface area (Å²) in [4.78, 5) is 10.7. The number of nitrogens with zero attached hydrogens (tertiary/aromatic N) is 2. The van der Waals surface area contributed by atoms with Gasteiger partial charge >= 0.3 is 0 Å². The first-order chi connectivity index (χ1) is 8.42. The highest BCUT2D eigenvalue weighted by atomic mass is 16.5. The number of aromatic amines is 1. The van der Waals surface area contributed by atoms with Crippen LogP contribution < -0.4 is 0 Å². The summed E-state index contributed by atoms with van der Waals surface area (Å²) < 4.78 is 5.35. The molecule has 0 bridgehead atoms. The quantitative estimate of drug-likeness (QED) is 0.855. The van der Waals surface area contributed by atoms with E-state index >= 15 is 0 Å². The average molecular weight is 235 g/mol. The van der Waals surface area contributed by atoms with E-state index in [9.17, 15) is 0 Å². The Morgan fingerprint density at radius 1 is 1.18 bits per heavy atom. The van der Waals surface area contributed by atoms with Gasteiger partial charge in [0.25, 0.3) is 0 Å². The first-order valence-electron chi connectivity index (χ1n) is 6.78. The maximum Gasteiger partial charge on any atom is 0.107 e. The van der Waals surface area contributed by atoms with Gasteiger partial charge in [0.2, 0.25) is 0 Å². The van der Waals surface area contributed by atoms with Gasteiger partial charge in [-0.25, -0.2) is 4.98 Å². The molecule has 2 heterocycles. The normalized spacial score (nSPS) is 21.4. The highest BCUT2D eigenvalue weighted by molar-refractivity contribution is 5.17. The molecule has 4 heteroatoms. The lowest BCUT2D eigenvalue weighted by atomic mass is 10.0. The monoisotopic (exact) mass is 235 g/mol. The molecule has 0 saturated carbocycles. The number of aryl methyl sites for hydroxylation is 2. The molecule has 1 fully saturated rings. The van der Waals surface area contributed by atoms with Crippen LogP contribution in [0.2, 0.25) is 0 Å². The molecule has 94 valence electrons. The van der Waals surface area contributed by atoms with Crippen LogP contribution in [0.25, 0.3) is 0 Å². The lowest BCUT2D eigenvalue weighted by molar-refractivity contribution is 0.0382. The molecule has 0 aromatic carbocycles. The first-order valence-corrected chi connectivity index (χ1v) is 6.78. The van der Waals surface area contributed by atoms with Crippen molar-refractivity contribution in [3.8, 4) is 0 Å². The zero-order valence-electron chi connectivity index (χ0n) is 10.4. The lowest BCUT2D eigenvalue weighted by Gasteiger charge is -2.26. The minimum absolute atomic E-state index is 0.884. The molecule has 4 nitrogen and oxygen atoms in total. The minimum atomic E-state index is 0.884. The molecular formula is C13H21N3O. The second-order valence-electron chi connectivity index (χ2n) is 5.02. The molecule has 1 aromatic heterocycles. The van der Waals surface area contributed by atoms with Crippen LogP contribution in [0.15, 0.2) is 0 Å². The van der Waals surface area contributed by atoms with Crippen LogP contribution in [0.4, 0.5) is 0 Å². The maximum absolute atomic E-state index is 5.35. The molecule has 2 aliphatic rings. The molecule has 0 radical (unpaired) electrons. The molecule has 0 atom stereocenters. The van der Waals surface area contributed by atoms with E-state index in [1.54, 1.807) is 0 Å². The predicted octanol–water partition coefficient (Wildman–Crippen LogP) is 1.16. The number of rotatable bonds is 3. The molecule has 1 saturated heterocycles. The largest absolute Gasteiger partial charge is 0.379 e. The Morgan fingerprint density at radius 2 is 2.00 bits per heavy atom. The molecule has 0 spiro atoms. The Balaban J connectivity index is 1.55. The van der Waals surface area contributed by atoms with E-state index in [0.717, 1.165) is 39.3 Å². The van der Waals surface area contributed by atoms with Crippen LogP contribution in [-0.4, -0.2) is 47.7 Å². The van der Waals surface area contributed by atoms with Crippen molar-refractivity contribution in [2.24, 2.45) is 0 Å². The number of H-pyrrole nitrogens is 1.